The van der Waals surface area contributed by atoms with Crippen molar-refractivity contribution in [2.24, 2.45) is 5.73 Å². The summed E-state index contributed by atoms with van der Waals surface area (Å²) in [5.41, 5.74) is 6.89. The number of hydrogen-bond donors (Lipinski definition) is 1. The van der Waals surface area contributed by atoms with Gasteiger partial charge in [-0.1, -0.05) is 0 Å². The Bertz CT molecular complexity index is 485. The fourth-order valence-electron chi connectivity index (χ4n) is 1.63. The van der Waals surface area contributed by atoms with E-state index < -0.39 is 0 Å². The summed E-state index contributed by atoms with van der Waals surface area (Å²) < 4.78 is 18.9. The summed E-state index contributed by atoms with van der Waals surface area (Å²) in [5, 5.41) is 0. The molecule has 90 valence electrons. The zero-order chi connectivity index (χ0) is 12.3. The van der Waals surface area contributed by atoms with E-state index in [9.17, 15) is 4.39 Å². The highest BCUT2D eigenvalue weighted by atomic mass is 19.1. The standard InChI is InChI=1S/C12H14FN3O/c1-16(7-9-3-5-17-8-9)12-11(13)10(6-14)2-4-15-12/h2-5,8H,6-7,14H2,1H3. The fourth-order valence-corrected chi connectivity index (χ4v) is 1.63. The molecule has 0 saturated heterocycles. The van der Waals surface area contributed by atoms with Gasteiger partial charge >= 0.3 is 0 Å². The number of nitrogens with zero attached hydrogens (tertiary/aromatic N) is 2. The summed E-state index contributed by atoms with van der Waals surface area (Å²) in [7, 11) is 1.78. The number of furan rings is 1. The third-order valence-electron chi connectivity index (χ3n) is 2.53. The molecule has 2 N–H and O–H groups in total. The van der Waals surface area contributed by atoms with Crippen LogP contribution in [0.3, 0.4) is 0 Å². The maximum absolute atomic E-state index is 13.9. The minimum absolute atomic E-state index is 0.168. The summed E-state index contributed by atoms with van der Waals surface area (Å²) >= 11 is 0. The maximum Gasteiger partial charge on any atom is 0.170 e. The summed E-state index contributed by atoms with van der Waals surface area (Å²) in [6.45, 7) is 0.704. The number of pyridine rings is 1. The molecule has 4 nitrogen and oxygen atoms in total. The van der Waals surface area contributed by atoms with Gasteiger partial charge < -0.3 is 15.1 Å². The van der Waals surface area contributed by atoms with Gasteiger partial charge in [0.1, 0.15) is 0 Å². The van der Waals surface area contributed by atoms with Gasteiger partial charge in [-0.15, -0.1) is 0 Å². The van der Waals surface area contributed by atoms with Gasteiger partial charge in [-0.2, -0.15) is 0 Å². The van der Waals surface area contributed by atoms with Gasteiger partial charge in [-0.05, 0) is 12.1 Å². The van der Waals surface area contributed by atoms with Gasteiger partial charge in [0, 0.05) is 37.5 Å². The first kappa shape index (κ1) is 11.6. The number of nitrogens with two attached hydrogens (primary N) is 1. The van der Waals surface area contributed by atoms with Gasteiger partial charge in [0.15, 0.2) is 11.6 Å². The predicted octanol–water partition coefficient (Wildman–Crippen LogP) is 1.91. The van der Waals surface area contributed by atoms with Gasteiger partial charge in [-0.25, -0.2) is 9.37 Å². The molecule has 0 atom stereocenters. The first-order valence-corrected chi connectivity index (χ1v) is 5.28. The molecule has 0 unspecified atom stereocenters. The minimum atomic E-state index is -0.360. The van der Waals surface area contributed by atoms with Crippen LogP contribution >= 0.6 is 0 Å². The topological polar surface area (TPSA) is 55.3 Å². The van der Waals surface area contributed by atoms with E-state index >= 15 is 0 Å². The summed E-state index contributed by atoms with van der Waals surface area (Å²) in [6, 6.07) is 3.42. The van der Waals surface area contributed by atoms with Crippen molar-refractivity contribution < 1.29 is 8.81 Å². The van der Waals surface area contributed by atoms with Crippen LogP contribution < -0.4 is 10.6 Å². The van der Waals surface area contributed by atoms with Crippen LogP contribution in [0.25, 0.3) is 0 Å². The normalized spacial score (nSPS) is 10.5. The maximum atomic E-state index is 13.9. The van der Waals surface area contributed by atoms with Gasteiger partial charge in [0.2, 0.25) is 0 Å². The van der Waals surface area contributed by atoms with Crippen LogP contribution in [0.1, 0.15) is 11.1 Å². The lowest BCUT2D eigenvalue weighted by Crippen LogP contribution is -2.19. The van der Waals surface area contributed by atoms with Crippen molar-refractivity contribution in [3.8, 4) is 0 Å². The zero-order valence-electron chi connectivity index (χ0n) is 9.56. The second-order valence-electron chi connectivity index (χ2n) is 3.80. The van der Waals surface area contributed by atoms with E-state index in [0.29, 0.717) is 17.9 Å². The lowest BCUT2D eigenvalue weighted by atomic mass is 10.2. The van der Waals surface area contributed by atoms with E-state index in [1.165, 1.54) is 0 Å². The molecule has 0 aromatic carbocycles. The smallest absolute Gasteiger partial charge is 0.170 e. The Balaban J connectivity index is 2.22. The van der Waals surface area contributed by atoms with Crippen LogP contribution in [-0.4, -0.2) is 12.0 Å². The van der Waals surface area contributed by atoms with Crippen molar-refractivity contribution in [3.63, 3.8) is 0 Å². The molecule has 0 saturated carbocycles. The van der Waals surface area contributed by atoms with Gasteiger partial charge in [-0.3, -0.25) is 0 Å². The molecule has 0 aliphatic rings. The average molecular weight is 235 g/mol. The highest BCUT2D eigenvalue weighted by molar-refractivity contribution is 5.42. The Labute approximate surface area is 98.9 Å². The molecule has 0 amide bonds. The summed E-state index contributed by atoms with van der Waals surface area (Å²) in [6.07, 6.45) is 4.77. The van der Waals surface area contributed by atoms with Crippen molar-refractivity contribution >= 4 is 5.82 Å². The van der Waals surface area contributed by atoms with Gasteiger partial charge in [0.25, 0.3) is 0 Å². The molecule has 2 heterocycles. The van der Waals surface area contributed by atoms with E-state index in [1.807, 2.05) is 6.07 Å². The van der Waals surface area contributed by atoms with E-state index in [0.717, 1.165) is 5.56 Å². The summed E-state index contributed by atoms with van der Waals surface area (Å²) in [4.78, 5) is 5.75. The third-order valence-corrected chi connectivity index (χ3v) is 2.53. The molecular weight excluding hydrogens is 221 g/mol. The molecule has 0 bridgehead atoms. The molecule has 2 aromatic heterocycles. The van der Waals surface area contributed by atoms with Crippen LogP contribution in [0.5, 0.6) is 0 Å². The van der Waals surface area contributed by atoms with E-state index in [1.54, 1.807) is 36.7 Å². The predicted molar refractivity (Wildman–Crippen MR) is 62.9 cm³/mol. The van der Waals surface area contributed by atoms with Crippen LogP contribution in [-0.2, 0) is 13.1 Å². The molecule has 0 radical (unpaired) electrons. The van der Waals surface area contributed by atoms with Crippen molar-refractivity contribution in [2.45, 2.75) is 13.1 Å². The molecule has 0 fully saturated rings. The molecule has 0 aliphatic heterocycles. The highest BCUT2D eigenvalue weighted by Crippen LogP contribution is 2.19. The largest absolute Gasteiger partial charge is 0.472 e. The Morgan fingerprint density at radius 2 is 2.29 bits per heavy atom. The van der Waals surface area contributed by atoms with Crippen molar-refractivity contribution in [1.29, 1.82) is 0 Å². The van der Waals surface area contributed by atoms with Crippen molar-refractivity contribution in [2.75, 3.05) is 11.9 Å². The fraction of sp³-hybridized carbons (Fsp3) is 0.250. The Morgan fingerprint density at radius 1 is 1.47 bits per heavy atom. The minimum Gasteiger partial charge on any atom is -0.472 e. The quantitative estimate of drug-likeness (QED) is 0.879. The zero-order valence-corrected chi connectivity index (χ0v) is 9.56. The van der Waals surface area contributed by atoms with Crippen molar-refractivity contribution in [1.82, 2.24) is 4.98 Å². The van der Waals surface area contributed by atoms with E-state index in [-0.39, 0.29) is 12.4 Å². The van der Waals surface area contributed by atoms with E-state index in [4.69, 9.17) is 10.2 Å². The first-order chi connectivity index (χ1) is 8.22. The molecular formula is C12H14FN3O. The van der Waals surface area contributed by atoms with Crippen LogP contribution in [0, 0.1) is 5.82 Å². The number of hydrogen-bond acceptors (Lipinski definition) is 4. The Hall–Kier alpha value is -1.88. The Morgan fingerprint density at radius 3 is 2.94 bits per heavy atom. The van der Waals surface area contributed by atoms with Crippen LogP contribution in [0.4, 0.5) is 10.2 Å². The van der Waals surface area contributed by atoms with E-state index in [2.05, 4.69) is 4.98 Å². The molecule has 0 aliphatic carbocycles. The average Bonchev–Trinajstić information content (AvgIpc) is 2.82. The second-order valence-corrected chi connectivity index (χ2v) is 3.80. The molecule has 2 rings (SSSR count). The van der Waals surface area contributed by atoms with Gasteiger partial charge in [0.05, 0.1) is 12.5 Å². The number of rotatable bonds is 4. The van der Waals surface area contributed by atoms with Crippen LogP contribution in [0.2, 0.25) is 0 Å². The Kier molecular flexibility index (Phi) is 3.39. The molecule has 17 heavy (non-hydrogen) atoms. The molecule has 5 heteroatoms. The molecule has 2 aromatic rings. The van der Waals surface area contributed by atoms with Crippen molar-refractivity contribution in [3.05, 3.63) is 47.8 Å². The lowest BCUT2D eigenvalue weighted by Gasteiger charge is -2.18. The highest BCUT2D eigenvalue weighted by Gasteiger charge is 2.13. The number of anilines is 1. The first-order valence-electron chi connectivity index (χ1n) is 5.28. The SMILES string of the molecule is CN(Cc1ccoc1)c1nccc(CN)c1F. The third kappa shape index (κ3) is 2.45. The second kappa shape index (κ2) is 4.97. The number of halogens is 1. The molecule has 0 spiro atoms. The lowest BCUT2D eigenvalue weighted by molar-refractivity contribution is 0.562. The summed E-state index contributed by atoms with van der Waals surface area (Å²) in [5.74, 6) is -0.0601. The number of aromatic nitrogens is 1. The monoisotopic (exact) mass is 235 g/mol. The van der Waals surface area contributed by atoms with Crippen LogP contribution in [0.15, 0.2) is 35.3 Å².